The fourth-order valence-corrected chi connectivity index (χ4v) is 5.77. The van der Waals surface area contributed by atoms with Gasteiger partial charge in [0.05, 0.1) is 26.1 Å². The van der Waals surface area contributed by atoms with E-state index in [1.54, 1.807) is 18.4 Å². The summed E-state index contributed by atoms with van der Waals surface area (Å²) in [6, 6.07) is 9.42. The standard InChI is InChI=1S/C24H22Br3N3O2/c1-2-10-32-22-19(26)11-15(12-20(22)27)14-28-30-23(16-6-4-3-5-7-16)29-21-9-8-17(25)13-18(21)24(30)31/h2,8-9,11-14,16H,1,3-7,10H2. The highest BCUT2D eigenvalue weighted by molar-refractivity contribution is 9.11. The van der Waals surface area contributed by atoms with Crippen LogP contribution in [0.5, 0.6) is 5.75 Å². The van der Waals surface area contributed by atoms with E-state index in [9.17, 15) is 4.79 Å². The molecule has 1 aliphatic carbocycles. The summed E-state index contributed by atoms with van der Waals surface area (Å²) in [7, 11) is 0. The Morgan fingerprint density at radius 2 is 1.84 bits per heavy atom. The zero-order chi connectivity index (χ0) is 22.7. The smallest absolute Gasteiger partial charge is 0.282 e. The van der Waals surface area contributed by atoms with Crippen LogP contribution in [-0.4, -0.2) is 22.5 Å². The second-order valence-corrected chi connectivity index (χ2v) is 10.4. The van der Waals surface area contributed by atoms with Gasteiger partial charge in [0.25, 0.3) is 5.56 Å². The molecule has 0 unspecified atom stereocenters. The Balaban J connectivity index is 1.79. The molecule has 0 aliphatic heterocycles. The van der Waals surface area contributed by atoms with Crippen LogP contribution in [0, 0.1) is 0 Å². The predicted molar refractivity (Wildman–Crippen MR) is 140 cm³/mol. The zero-order valence-corrected chi connectivity index (χ0v) is 22.1. The van der Waals surface area contributed by atoms with Gasteiger partial charge in [-0.1, -0.05) is 47.8 Å². The van der Waals surface area contributed by atoms with Gasteiger partial charge in [0.1, 0.15) is 18.2 Å². The molecule has 1 saturated carbocycles. The number of nitrogens with zero attached hydrogens (tertiary/aromatic N) is 3. The summed E-state index contributed by atoms with van der Waals surface area (Å²) < 4.78 is 9.58. The predicted octanol–water partition coefficient (Wildman–Crippen LogP) is 7.18. The van der Waals surface area contributed by atoms with Gasteiger partial charge in [-0.3, -0.25) is 4.79 Å². The number of ether oxygens (including phenoxy) is 1. The van der Waals surface area contributed by atoms with Crippen molar-refractivity contribution in [2.24, 2.45) is 5.10 Å². The second kappa shape index (κ2) is 10.4. The minimum absolute atomic E-state index is 0.155. The first-order valence-corrected chi connectivity index (χ1v) is 12.8. The fourth-order valence-electron chi connectivity index (χ4n) is 3.96. The minimum Gasteiger partial charge on any atom is -0.487 e. The lowest BCUT2D eigenvalue weighted by Gasteiger charge is -2.22. The molecular weight excluding hydrogens is 602 g/mol. The highest BCUT2D eigenvalue weighted by Gasteiger charge is 2.22. The quantitative estimate of drug-likeness (QED) is 0.216. The largest absolute Gasteiger partial charge is 0.487 e. The number of hydrogen-bond acceptors (Lipinski definition) is 4. The lowest BCUT2D eigenvalue weighted by molar-refractivity contribution is 0.358. The molecule has 3 aromatic rings. The van der Waals surface area contributed by atoms with Crippen LogP contribution >= 0.6 is 47.8 Å². The average Bonchev–Trinajstić information content (AvgIpc) is 2.79. The highest BCUT2D eigenvalue weighted by atomic mass is 79.9. The van der Waals surface area contributed by atoms with Gasteiger partial charge in [0.2, 0.25) is 0 Å². The third-order valence-electron chi connectivity index (χ3n) is 5.49. The van der Waals surface area contributed by atoms with Crippen molar-refractivity contribution >= 4 is 64.9 Å². The summed E-state index contributed by atoms with van der Waals surface area (Å²) >= 11 is 10.6. The molecule has 1 heterocycles. The van der Waals surface area contributed by atoms with Crippen LogP contribution in [0.4, 0.5) is 0 Å². The molecular formula is C24H22Br3N3O2. The first-order valence-electron chi connectivity index (χ1n) is 10.5. The van der Waals surface area contributed by atoms with E-state index in [2.05, 4.69) is 59.5 Å². The molecule has 0 saturated heterocycles. The first kappa shape index (κ1) is 23.4. The van der Waals surface area contributed by atoms with Crippen molar-refractivity contribution in [3.63, 3.8) is 0 Å². The van der Waals surface area contributed by atoms with Crippen LogP contribution in [0.1, 0.15) is 49.4 Å². The maximum atomic E-state index is 13.4. The lowest BCUT2D eigenvalue weighted by Crippen LogP contribution is -2.25. The Bertz CT molecular complexity index is 1220. The summed E-state index contributed by atoms with van der Waals surface area (Å²) in [6.07, 6.45) is 8.95. The monoisotopic (exact) mass is 621 g/mol. The molecule has 0 N–H and O–H groups in total. The topological polar surface area (TPSA) is 56.5 Å². The Labute approximate surface area is 212 Å². The maximum Gasteiger partial charge on any atom is 0.282 e. The van der Waals surface area contributed by atoms with Crippen molar-refractivity contribution in [2.45, 2.75) is 38.0 Å². The summed E-state index contributed by atoms with van der Waals surface area (Å²) in [4.78, 5) is 18.3. The highest BCUT2D eigenvalue weighted by Crippen LogP contribution is 2.35. The molecule has 1 fully saturated rings. The van der Waals surface area contributed by atoms with Crippen molar-refractivity contribution < 1.29 is 4.74 Å². The van der Waals surface area contributed by atoms with E-state index in [1.807, 2.05) is 24.3 Å². The Morgan fingerprint density at radius 3 is 2.53 bits per heavy atom. The first-order chi connectivity index (χ1) is 15.5. The van der Waals surface area contributed by atoms with Crippen molar-refractivity contribution in [3.05, 3.63) is 78.1 Å². The van der Waals surface area contributed by atoms with Gasteiger partial charge in [0, 0.05) is 10.4 Å². The van der Waals surface area contributed by atoms with Crippen LogP contribution in [0.15, 0.2) is 66.3 Å². The molecule has 5 nitrogen and oxygen atoms in total. The maximum absolute atomic E-state index is 13.4. The van der Waals surface area contributed by atoms with E-state index in [0.29, 0.717) is 23.3 Å². The minimum atomic E-state index is -0.155. The zero-order valence-electron chi connectivity index (χ0n) is 17.4. The lowest BCUT2D eigenvalue weighted by atomic mass is 9.88. The molecule has 0 radical (unpaired) electrons. The Kier molecular flexibility index (Phi) is 7.63. The molecule has 1 aliphatic rings. The number of benzene rings is 2. The van der Waals surface area contributed by atoms with Gasteiger partial charge in [-0.25, -0.2) is 4.98 Å². The number of hydrogen-bond donors (Lipinski definition) is 0. The third-order valence-corrected chi connectivity index (χ3v) is 7.16. The summed E-state index contributed by atoms with van der Waals surface area (Å²) in [5.41, 5.74) is 1.38. The molecule has 0 atom stereocenters. The van der Waals surface area contributed by atoms with Crippen molar-refractivity contribution in [1.29, 1.82) is 0 Å². The Morgan fingerprint density at radius 1 is 1.12 bits per heavy atom. The van der Waals surface area contributed by atoms with Crippen molar-refractivity contribution in [1.82, 2.24) is 9.66 Å². The van der Waals surface area contributed by atoms with E-state index in [4.69, 9.17) is 9.72 Å². The van der Waals surface area contributed by atoms with E-state index in [1.165, 1.54) is 11.1 Å². The number of rotatable bonds is 6. The van der Waals surface area contributed by atoms with Crippen molar-refractivity contribution in [3.8, 4) is 5.75 Å². The molecule has 32 heavy (non-hydrogen) atoms. The van der Waals surface area contributed by atoms with Crippen LogP contribution < -0.4 is 10.3 Å². The molecule has 0 spiro atoms. The molecule has 2 aromatic carbocycles. The second-order valence-electron chi connectivity index (χ2n) is 7.74. The summed E-state index contributed by atoms with van der Waals surface area (Å²) in [5, 5.41) is 5.16. The van der Waals surface area contributed by atoms with Crippen LogP contribution in [0.3, 0.4) is 0 Å². The van der Waals surface area contributed by atoms with Gasteiger partial charge in [-0.2, -0.15) is 9.78 Å². The molecule has 4 rings (SSSR count). The third kappa shape index (κ3) is 5.07. The van der Waals surface area contributed by atoms with Crippen LogP contribution in [0.2, 0.25) is 0 Å². The molecule has 0 bridgehead atoms. The van der Waals surface area contributed by atoms with E-state index in [-0.39, 0.29) is 11.5 Å². The number of fused-ring (bicyclic) bond motifs is 1. The van der Waals surface area contributed by atoms with E-state index in [0.717, 1.165) is 50.5 Å². The van der Waals surface area contributed by atoms with E-state index >= 15 is 0 Å². The molecule has 166 valence electrons. The molecule has 1 aromatic heterocycles. The SMILES string of the molecule is C=CCOc1c(Br)cc(C=Nn2c(C3CCCCC3)nc3ccc(Br)cc3c2=O)cc1Br. The summed E-state index contributed by atoms with van der Waals surface area (Å²) in [5.74, 6) is 1.67. The normalized spacial score (nSPS) is 14.8. The van der Waals surface area contributed by atoms with Gasteiger partial charge >= 0.3 is 0 Å². The van der Waals surface area contributed by atoms with Crippen LogP contribution in [-0.2, 0) is 0 Å². The van der Waals surface area contributed by atoms with Gasteiger partial charge < -0.3 is 4.74 Å². The molecule has 8 heteroatoms. The number of halogens is 3. The van der Waals surface area contributed by atoms with Gasteiger partial charge in [-0.15, -0.1) is 0 Å². The Hall–Kier alpha value is -1.77. The van der Waals surface area contributed by atoms with Gasteiger partial charge in [0.15, 0.2) is 0 Å². The molecule has 0 amide bonds. The van der Waals surface area contributed by atoms with Crippen molar-refractivity contribution in [2.75, 3.05) is 6.61 Å². The average molecular weight is 624 g/mol. The van der Waals surface area contributed by atoms with E-state index < -0.39 is 0 Å². The number of aromatic nitrogens is 2. The van der Waals surface area contributed by atoms with Gasteiger partial charge in [-0.05, 0) is 80.6 Å². The van der Waals surface area contributed by atoms with Crippen LogP contribution in [0.25, 0.3) is 10.9 Å². The summed E-state index contributed by atoms with van der Waals surface area (Å²) in [6.45, 7) is 4.09. The fraction of sp³-hybridized carbons (Fsp3) is 0.292.